The van der Waals surface area contributed by atoms with Gasteiger partial charge in [-0.25, -0.2) is 9.18 Å². The number of fused-ring (bicyclic) bond motifs is 2. The van der Waals surface area contributed by atoms with E-state index in [9.17, 15) is 27.5 Å². The average molecular weight is 453 g/mol. The third kappa shape index (κ3) is 5.05. The molecule has 1 N–H and O–H groups in total. The van der Waals surface area contributed by atoms with Crippen molar-refractivity contribution in [2.24, 2.45) is 0 Å². The molecule has 0 aromatic heterocycles. The average Bonchev–Trinajstić information content (AvgIpc) is 2.71. The van der Waals surface area contributed by atoms with E-state index in [2.05, 4.69) is 0 Å². The summed E-state index contributed by atoms with van der Waals surface area (Å²) in [7, 11) is 0. The van der Waals surface area contributed by atoms with Gasteiger partial charge in [-0.15, -0.1) is 0 Å². The molecule has 32 heavy (non-hydrogen) atoms. The van der Waals surface area contributed by atoms with Crippen LogP contribution in [0.15, 0.2) is 48.5 Å². The van der Waals surface area contributed by atoms with Crippen molar-refractivity contribution in [3.8, 4) is 0 Å². The van der Waals surface area contributed by atoms with Crippen molar-refractivity contribution in [3.05, 3.63) is 71.0 Å². The molecule has 2 atom stereocenters. The number of alkyl halides is 3. The Morgan fingerprint density at radius 1 is 1.09 bits per heavy atom. The summed E-state index contributed by atoms with van der Waals surface area (Å²) >= 11 is 0. The lowest BCUT2D eigenvalue weighted by Crippen LogP contribution is -2.64. The number of carbonyl (C=O) groups is 1. The van der Waals surface area contributed by atoms with Crippen molar-refractivity contribution < 1.29 is 36.9 Å². The molecule has 0 aliphatic carbocycles. The number of piperidine rings is 1. The van der Waals surface area contributed by atoms with Gasteiger partial charge in [-0.1, -0.05) is 30.3 Å². The van der Waals surface area contributed by atoms with Crippen LogP contribution in [0.2, 0.25) is 0 Å². The van der Waals surface area contributed by atoms with Crippen LogP contribution in [0.4, 0.5) is 22.4 Å². The normalized spacial score (nSPS) is 25.5. The topological polar surface area (TPSA) is 59.0 Å². The summed E-state index contributed by atoms with van der Waals surface area (Å²) in [5.41, 5.74) is -1.60. The van der Waals surface area contributed by atoms with E-state index in [1.807, 2.05) is 30.3 Å². The Hall–Kier alpha value is -2.65. The Balaban J connectivity index is 1.47. The maximum atomic E-state index is 13.8. The van der Waals surface area contributed by atoms with Gasteiger partial charge in [-0.2, -0.15) is 13.2 Å². The van der Waals surface area contributed by atoms with Crippen molar-refractivity contribution in [1.29, 1.82) is 0 Å². The Labute approximate surface area is 182 Å². The quantitative estimate of drug-likeness (QED) is 0.701. The van der Waals surface area contributed by atoms with Crippen LogP contribution in [-0.4, -0.2) is 47.0 Å². The van der Waals surface area contributed by atoms with Gasteiger partial charge in [0, 0.05) is 6.42 Å². The van der Waals surface area contributed by atoms with Crippen LogP contribution in [0.3, 0.4) is 0 Å². The Kier molecular flexibility index (Phi) is 6.13. The van der Waals surface area contributed by atoms with E-state index in [0.29, 0.717) is 6.07 Å². The minimum atomic E-state index is -4.68. The summed E-state index contributed by atoms with van der Waals surface area (Å²) in [6.07, 6.45) is -5.20. The Bertz CT molecular complexity index is 952. The number of amides is 1. The van der Waals surface area contributed by atoms with E-state index in [1.54, 1.807) is 4.90 Å². The summed E-state index contributed by atoms with van der Waals surface area (Å²) in [5, 5.41) is 11.2. The molecule has 2 aliphatic rings. The van der Waals surface area contributed by atoms with E-state index in [1.165, 1.54) is 0 Å². The van der Waals surface area contributed by atoms with Gasteiger partial charge < -0.3 is 14.6 Å². The van der Waals surface area contributed by atoms with Gasteiger partial charge in [-0.3, -0.25) is 4.90 Å². The summed E-state index contributed by atoms with van der Waals surface area (Å²) < 4.78 is 63.9. The number of aliphatic hydroxyl groups is 1. The first-order valence-corrected chi connectivity index (χ1v) is 10.3. The molecule has 9 heteroatoms. The molecule has 2 aliphatic heterocycles. The second kappa shape index (κ2) is 8.71. The summed E-state index contributed by atoms with van der Waals surface area (Å²) in [6.45, 7) is 0.455. The van der Waals surface area contributed by atoms with Gasteiger partial charge in [0.15, 0.2) is 0 Å². The molecule has 2 heterocycles. The predicted octanol–water partition coefficient (Wildman–Crippen LogP) is 4.32. The number of ether oxygens (including phenoxy) is 2. The molecular weight excluding hydrogens is 430 g/mol. The van der Waals surface area contributed by atoms with Crippen molar-refractivity contribution in [2.75, 3.05) is 13.2 Å². The van der Waals surface area contributed by atoms with E-state index in [0.717, 1.165) is 17.7 Å². The van der Waals surface area contributed by atoms with Gasteiger partial charge in [0.05, 0.1) is 36.5 Å². The van der Waals surface area contributed by atoms with Crippen LogP contribution in [0.5, 0.6) is 0 Å². The van der Waals surface area contributed by atoms with Crippen molar-refractivity contribution in [2.45, 2.75) is 49.7 Å². The predicted molar refractivity (Wildman–Crippen MR) is 106 cm³/mol. The van der Waals surface area contributed by atoms with E-state index in [-0.39, 0.29) is 44.6 Å². The fraction of sp³-hybridized carbons (Fsp3) is 0.435. The molecule has 2 unspecified atom stereocenters. The van der Waals surface area contributed by atoms with Gasteiger partial charge in [0.1, 0.15) is 12.4 Å². The second-order valence-corrected chi connectivity index (χ2v) is 8.45. The van der Waals surface area contributed by atoms with Crippen molar-refractivity contribution in [1.82, 2.24) is 4.90 Å². The number of morpholine rings is 1. The molecule has 2 saturated heterocycles. The number of carbonyl (C=O) groups excluding carboxylic acids is 1. The highest BCUT2D eigenvalue weighted by atomic mass is 19.4. The monoisotopic (exact) mass is 453 g/mol. The Morgan fingerprint density at radius 2 is 1.75 bits per heavy atom. The first-order valence-electron chi connectivity index (χ1n) is 10.3. The first-order chi connectivity index (χ1) is 15.1. The zero-order chi connectivity index (χ0) is 22.9. The van der Waals surface area contributed by atoms with E-state index >= 15 is 0 Å². The van der Waals surface area contributed by atoms with Crippen molar-refractivity contribution >= 4 is 6.09 Å². The number of hydrogen-bond acceptors (Lipinski definition) is 4. The number of benzene rings is 2. The lowest BCUT2D eigenvalue weighted by atomic mass is 9.77. The highest BCUT2D eigenvalue weighted by Gasteiger charge is 2.48. The van der Waals surface area contributed by atoms with Crippen LogP contribution in [-0.2, 0) is 28.7 Å². The van der Waals surface area contributed by atoms with Gasteiger partial charge in [-0.05, 0) is 42.2 Å². The summed E-state index contributed by atoms with van der Waals surface area (Å²) in [4.78, 5) is 14.3. The third-order valence-corrected chi connectivity index (χ3v) is 5.87. The highest BCUT2D eigenvalue weighted by molar-refractivity contribution is 5.69. The third-order valence-electron chi connectivity index (χ3n) is 5.87. The molecule has 0 spiro atoms. The minimum absolute atomic E-state index is 0.0546. The van der Waals surface area contributed by atoms with Crippen LogP contribution in [0, 0.1) is 5.82 Å². The summed E-state index contributed by atoms with van der Waals surface area (Å²) in [6, 6.07) is 10.5. The zero-order valence-electron chi connectivity index (χ0n) is 17.1. The van der Waals surface area contributed by atoms with Crippen LogP contribution < -0.4 is 0 Å². The molecule has 0 radical (unpaired) electrons. The number of halogens is 4. The molecule has 2 aromatic carbocycles. The van der Waals surface area contributed by atoms with Gasteiger partial charge in [0.2, 0.25) is 0 Å². The largest absolute Gasteiger partial charge is 0.445 e. The van der Waals surface area contributed by atoms with Crippen LogP contribution in [0.1, 0.15) is 29.5 Å². The number of hydrogen-bond donors (Lipinski definition) is 1. The van der Waals surface area contributed by atoms with E-state index in [4.69, 9.17) is 9.47 Å². The fourth-order valence-electron chi connectivity index (χ4n) is 4.61. The molecule has 5 nitrogen and oxygen atoms in total. The highest BCUT2D eigenvalue weighted by Crippen LogP contribution is 2.38. The molecule has 1 amide bonds. The molecule has 4 rings (SSSR count). The second-order valence-electron chi connectivity index (χ2n) is 8.45. The standard InChI is InChI=1S/C23H23F4NO4/c24-18-7-16(6-17(8-18)23(25,26)27)9-22(30)10-19-13-31-14-20(11-22)28(19)21(29)32-12-15-4-2-1-3-5-15/h1-8,19-20,30H,9-14H2. The van der Waals surface area contributed by atoms with Gasteiger partial charge >= 0.3 is 12.3 Å². The van der Waals surface area contributed by atoms with Crippen LogP contribution >= 0.6 is 0 Å². The lowest BCUT2D eigenvalue weighted by molar-refractivity contribution is -0.138. The van der Waals surface area contributed by atoms with Gasteiger partial charge in [0.25, 0.3) is 0 Å². The Morgan fingerprint density at radius 3 is 2.38 bits per heavy atom. The number of rotatable bonds is 4. The molecule has 2 aromatic rings. The maximum Gasteiger partial charge on any atom is 0.416 e. The summed E-state index contributed by atoms with van der Waals surface area (Å²) in [5.74, 6) is -1.01. The molecule has 0 saturated carbocycles. The SMILES string of the molecule is O=C(OCc1ccccc1)N1C2COCC1CC(O)(Cc1cc(F)cc(C(F)(F)F)c1)C2. The van der Waals surface area contributed by atoms with Crippen LogP contribution in [0.25, 0.3) is 0 Å². The first kappa shape index (κ1) is 22.5. The zero-order valence-corrected chi connectivity index (χ0v) is 17.1. The molecule has 2 fully saturated rings. The minimum Gasteiger partial charge on any atom is -0.445 e. The fourth-order valence-corrected chi connectivity index (χ4v) is 4.61. The molecular formula is C23H23F4NO4. The van der Waals surface area contributed by atoms with E-state index < -0.39 is 41.3 Å². The lowest BCUT2D eigenvalue weighted by Gasteiger charge is -2.51. The molecule has 2 bridgehead atoms. The molecule has 172 valence electrons. The maximum absolute atomic E-state index is 13.8. The van der Waals surface area contributed by atoms with Crippen molar-refractivity contribution in [3.63, 3.8) is 0 Å². The smallest absolute Gasteiger partial charge is 0.416 e. The number of nitrogens with zero attached hydrogens (tertiary/aromatic N) is 1.